The molecule has 2 amide bonds. The first-order valence-electron chi connectivity index (χ1n) is 8.49. The largest absolute Gasteiger partial charge is 0.496 e. The number of carbonyl (C=O) groups is 3. The third kappa shape index (κ3) is 3.46. The zero-order chi connectivity index (χ0) is 19.7. The average Bonchev–Trinajstić information content (AvgIpc) is 3.28. The fraction of sp³-hybridized carbons (Fsp3) is 0.389. The summed E-state index contributed by atoms with van der Waals surface area (Å²) in [6, 6.07) is 5.39. The number of primary amides is 1. The molecule has 144 valence electrons. The molecule has 2 aliphatic rings. The molecule has 1 fully saturated rings. The number of carbonyl (C=O) groups excluding carboxylic acids is 1. The van der Waals surface area contributed by atoms with Crippen LogP contribution in [-0.4, -0.2) is 45.6 Å². The SMILES string of the molecule is COc1ccc(C2CCCC2)cc1C1=C(C(=O)O)SC(C(N)=O)N1C(=O)O. The van der Waals surface area contributed by atoms with Gasteiger partial charge < -0.3 is 20.7 Å². The second-order valence-electron chi connectivity index (χ2n) is 6.45. The van der Waals surface area contributed by atoms with Gasteiger partial charge >= 0.3 is 12.1 Å². The minimum atomic E-state index is -1.45. The molecule has 1 aliphatic carbocycles. The number of hydrogen-bond donors (Lipinski definition) is 3. The lowest BCUT2D eigenvalue weighted by Crippen LogP contribution is -2.41. The highest BCUT2D eigenvalue weighted by Crippen LogP contribution is 2.46. The minimum absolute atomic E-state index is 0.0829. The van der Waals surface area contributed by atoms with E-state index < -0.39 is 23.3 Å². The monoisotopic (exact) mass is 392 g/mol. The standard InChI is InChI=1S/C18H20N2O6S/c1-26-12-7-6-10(9-4-2-3-5-9)8-11(12)13-14(17(22)23)27-16(15(19)21)20(13)18(24)25/h6-9,16H,2-5H2,1H3,(H2,19,21)(H,22,23)(H,24,25). The number of aliphatic carboxylic acids is 1. The van der Waals surface area contributed by atoms with Gasteiger partial charge in [-0.15, -0.1) is 0 Å². The lowest BCUT2D eigenvalue weighted by molar-refractivity contribution is -0.131. The average molecular weight is 392 g/mol. The Balaban J connectivity index is 2.19. The van der Waals surface area contributed by atoms with Crippen LogP contribution >= 0.6 is 11.8 Å². The number of methoxy groups -OCH3 is 1. The molecule has 0 saturated heterocycles. The van der Waals surface area contributed by atoms with Crippen LogP contribution in [0.1, 0.15) is 42.7 Å². The molecule has 1 heterocycles. The molecule has 0 bridgehead atoms. The first kappa shape index (κ1) is 19.1. The molecule has 1 unspecified atom stereocenters. The minimum Gasteiger partial charge on any atom is -0.496 e. The molecule has 1 atom stereocenters. The van der Waals surface area contributed by atoms with E-state index >= 15 is 0 Å². The van der Waals surface area contributed by atoms with Crippen molar-refractivity contribution in [3.8, 4) is 5.75 Å². The predicted octanol–water partition coefficient (Wildman–Crippen LogP) is 2.64. The van der Waals surface area contributed by atoms with Crippen LogP contribution in [0.15, 0.2) is 23.1 Å². The number of carboxylic acid groups (broad SMARTS) is 2. The van der Waals surface area contributed by atoms with E-state index in [0.717, 1.165) is 31.2 Å². The van der Waals surface area contributed by atoms with Crippen molar-refractivity contribution in [3.05, 3.63) is 34.2 Å². The maximum absolute atomic E-state index is 11.8. The zero-order valence-corrected chi connectivity index (χ0v) is 15.5. The number of carboxylic acids is 1. The quantitative estimate of drug-likeness (QED) is 0.702. The lowest BCUT2D eigenvalue weighted by Gasteiger charge is -2.23. The molecule has 0 aromatic heterocycles. The Kier molecular flexibility index (Phi) is 5.31. The number of ether oxygens (including phenoxy) is 1. The summed E-state index contributed by atoms with van der Waals surface area (Å²) >= 11 is 0.619. The van der Waals surface area contributed by atoms with E-state index in [2.05, 4.69) is 0 Å². The maximum atomic E-state index is 11.8. The zero-order valence-electron chi connectivity index (χ0n) is 14.7. The van der Waals surface area contributed by atoms with Gasteiger partial charge in [-0.3, -0.25) is 9.69 Å². The molecule has 4 N–H and O–H groups in total. The van der Waals surface area contributed by atoms with Gasteiger partial charge in [0.2, 0.25) is 0 Å². The fourth-order valence-corrected chi connectivity index (χ4v) is 4.72. The Morgan fingerprint density at radius 2 is 1.89 bits per heavy atom. The van der Waals surface area contributed by atoms with E-state index in [1.54, 1.807) is 12.1 Å². The molecule has 0 radical (unpaired) electrons. The summed E-state index contributed by atoms with van der Waals surface area (Å²) in [6.07, 6.45) is 2.84. The van der Waals surface area contributed by atoms with Crippen molar-refractivity contribution in [2.75, 3.05) is 7.11 Å². The van der Waals surface area contributed by atoms with Crippen LogP contribution < -0.4 is 10.5 Å². The van der Waals surface area contributed by atoms with Gasteiger partial charge in [0.05, 0.1) is 12.8 Å². The van der Waals surface area contributed by atoms with Crippen molar-refractivity contribution in [3.63, 3.8) is 0 Å². The topological polar surface area (TPSA) is 130 Å². The Morgan fingerprint density at radius 3 is 2.41 bits per heavy atom. The van der Waals surface area contributed by atoms with Crippen LogP contribution in [0.4, 0.5) is 4.79 Å². The highest BCUT2D eigenvalue weighted by Gasteiger charge is 2.44. The highest BCUT2D eigenvalue weighted by molar-refractivity contribution is 8.05. The molecule has 3 rings (SSSR count). The molecule has 0 spiro atoms. The maximum Gasteiger partial charge on any atom is 0.413 e. The number of nitrogens with two attached hydrogens (primary N) is 1. The number of nitrogens with zero attached hydrogens (tertiary/aromatic N) is 1. The first-order valence-corrected chi connectivity index (χ1v) is 9.37. The smallest absolute Gasteiger partial charge is 0.413 e. The molecule has 1 aromatic carbocycles. The van der Waals surface area contributed by atoms with Crippen molar-refractivity contribution in [2.45, 2.75) is 37.0 Å². The van der Waals surface area contributed by atoms with Crippen LogP contribution in [0.3, 0.4) is 0 Å². The molecule has 9 heteroatoms. The second kappa shape index (κ2) is 7.51. The number of hydrogen-bond acceptors (Lipinski definition) is 5. The summed E-state index contributed by atoms with van der Waals surface area (Å²) in [5.74, 6) is -1.58. The second-order valence-corrected chi connectivity index (χ2v) is 7.54. The summed E-state index contributed by atoms with van der Waals surface area (Å²) in [7, 11) is 1.42. The van der Waals surface area contributed by atoms with Crippen LogP contribution in [0.2, 0.25) is 0 Å². The van der Waals surface area contributed by atoms with Crippen molar-refractivity contribution in [2.24, 2.45) is 5.73 Å². The van der Waals surface area contributed by atoms with Crippen LogP contribution in [0.25, 0.3) is 5.70 Å². The van der Waals surface area contributed by atoms with Crippen molar-refractivity contribution < 1.29 is 29.3 Å². The molecule has 1 aromatic rings. The van der Waals surface area contributed by atoms with Crippen LogP contribution in [-0.2, 0) is 9.59 Å². The van der Waals surface area contributed by atoms with Crippen molar-refractivity contribution in [1.82, 2.24) is 4.90 Å². The molecular weight excluding hydrogens is 372 g/mol. The lowest BCUT2D eigenvalue weighted by atomic mass is 9.94. The Morgan fingerprint density at radius 1 is 1.22 bits per heavy atom. The predicted molar refractivity (Wildman–Crippen MR) is 99.2 cm³/mol. The molecule has 1 aliphatic heterocycles. The molecule has 27 heavy (non-hydrogen) atoms. The van der Waals surface area contributed by atoms with Gasteiger partial charge in [-0.05, 0) is 36.5 Å². The summed E-state index contributed by atoms with van der Waals surface area (Å²) in [6.45, 7) is 0. The van der Waals surface area contributed by atoms with Gasteiger partial charge in [0.1, 0.15) is 10.7 Å². The number of amides is 2. The Hall–Kier alpha value is -2.68. The van der Waals surface area contributed by atoms with E-state index in [4.69, 9.17) is 10.5 Å². The number of benzene rings is 1. The first-order chi connectivity index (χ1) is 12.8. The summed E-state index contributed by atoms with van der Waals surface area (Å²) in [5, 5.41) is 17.9. The highest BCUT2D eigenvalue weighted by atomic mass is 32.2. The fourth-order valence-electron chi connectivity index (χ4n) is 3.66. The Labute approximate surface area is 160 Å². The van der Waals surface area contributed by atoms with Gasteiger partial charge in [0.25, 0.3) is 5.91 Å². The van der Waals surface area contributed by atoms with Crippen molar-refractivity contribution >= 4 is 35.4 Å². The third-order valence-corrected chi connectivity index (χ3v) is 6.14. The Bertz CT molecular complexity index is 831. The van der Waals surface area contributed by atoms with Gasteiger partial charge in [-0.25, -0.2) is 9.59 Å². The van der Waals surface area contributed by atoms with Gasteiger partial charge in [-0.2, -0.15) is 0 Å². The summed E-state index contributed by atoms with van der Waals surface area (Å²) in [5.41, 5.74) is 6.56. The number of rotatable bonds is 5. The normalized spacial score (nSPS) is 20.2. The molecule has 1 saturated carbocycles. The summed E-state index contributed by atoms with van der Waals surface area (Å²) < 4.78 is 5.36. The molecule has 8 nitrogen and oxygen atoms in total. The van der Waals surface area contributed by atoms with E-state index in [9.17, 15) is 24.6 Å². The third-order valence-electron chi connectivity index (χ3n) is 4.87. The van der Waals surface area contributed by atoms with E-state index in [-0.39, 0.29) is 10.6 Å². The van der Waals surface area contributed by atoms with Crippen LogP contribution in [0.5, 0.6) is 5.75 Å². The van der Waals surface area contributed by atoms with Crippen LogP contribution in [0, 0.1) is 0 Å². The molecular formula is C18H20N2O6S. The van der Waals surface area contributed by atoms with Crippen molar-refractivity contribution in [1.29, 1.82) is 0 Å². The van der Waals surface area contributed by atoms with Gasteiger partial charge in [0.15, 0.2) is 5.37 Å². The van der Waals surface area contributed by atoms with E-state index in [1.165, 1.54) is 7.11 Å². The van der Waals surface area contributed by atoms with Gasteiger partial charge in [-0.1, -0.05) is 30.7 Å². The number of thioether (sulfide) groups is 1. The van der Waals surface area contributed by atoms with E-state index in [0.29, 0.717) is 33.9 Å². The van der Waals surface area contributed by atoms with Gasteiger partial charge in [0, 0.05) is 5.56 Å². The summed E-state index contributed by atoms with van der Waals surface area (Å²) in [4.78, 5) is 35.8. The van der Waals surface area contributed by atoms with E-state index in [1.807, 2.05) is 6.07 Å².